The predicted molar refractivity (Wildman–Crippen MR) is 157 cm³/mol. The van der Waals surface area contributed by atoms with Crippen LogP contribution in [0.15, 0.2) is 85.0 Å². The smallest absolute Gasteiger partial charge is 0.336 e. The molecule has 2 atom stereocenters. The third kappa shape index (κ3) is 5.71. The highest BCUT2D eigenvalue weighted by molar-refractivity contribution is 6.26. The summed E-state index contributed by atoms with van der Waals surface area (Å²) in [5.41, 5.74) is 1.59. The minimum absolute atomic E-state index is 0.00358. The number of carboxylic acids is 3. The minimum atomic E-state index is -1.61. The van der Waals surface area contributed by atoms with Gasteiger partial charge in [-0.05, 0) is 60.1 Å². The number of nitrogens with zero attached hydrogens (tertiary/aromatic N) is 1. The van der Waals surface area contributed by atoms with Gasteiger partial charge in [-0.15, -0.1) is 11.6 Å². The third-order valence-electron chi connectivity index (χ3n) is 7.82. The maximum absolute atomic E-state index is 14.4. The van der Waals surface area contributed by atoms with Gasteiger partial charge in [0.1, 0.15) is 0 Å². The molecule has 0 saturated heterocycles. The summed E-state index contributed by atoms with van der Waals surface area (Å²) in [7, 11) is 0. The van der Waals surface area contributed by atoms with Crippen molar-refractivity contribution < 1.29 is 34.5 Å². The molecule has 2 aliphatic carbocycles. The molecule has 42 heavy (non-hydrogen) atoms. The van der Waals surface area contributed by atoms with E-state index in [1.54, 1.807) is 0 Å². The first-order chi connectivity index (χ1) is 20.1. The summed E-state index contributed by atoms with van der Waals surface area (Å²) >= 11 is 7.14. The second-order valence-corrected chi connectivity index (χ2v) is 11.2. The standard InChI is InChI=1S/C33H28ClNO7/c34-33(15-13-21(14-16-33)20-7-2-1-3-8-20)19-35(28-12-6-10-22-9-4-5-11-23(22)28)29(36)24-17-26(31(39)40)27(32(41)42)18-25(24)30(37)38/h1-5,7-9,11,13-15,17-18,28H,6,10,12,16,19H2,(H,37,38)(H,39,40)(H,41,42)/t28-,33?/m0/s1. The minimum Gasteiger partial charge on any atom is -0.478 e. The average molecular weight is 586 g/mol. The molecule has 8 nitrogen and oxygen atoms in total. The summed E-state index contributed by atoms with van der Waals surface area (Å²) in [4.78, 5) is 50.8. The van der Waals surface area contributed by atoms with Crippen molar-refractivity contribution in [1.82, 2.24) is 4.90 Å². The molecule has 0 heterocycles. The Morgan fingerprint density at radius 3 is 2.05 bits per heavy atom. The number of carbonyl (C=O) groups excluding carboxylic acids is 1. The fourth-order valence-corrected chi connectivity index (χ4v) is 6.01. The van der Waals surface area contributed by atoms with Crippen LogP contribution in [-0.4, -0.2) is 55.5 Å². The van der Waals surface area contributed by atoms with Gasteiger partial charge in [0.05, 0.1) is 33.2 Å². The number of benzene rings is 3. The number of amides is 1. The molecular formula is C33H28ClNO7. The van der Waals surface area contributed by atoms with Gasteiger partial charge in [-0.3, -0.25) is 4.79 Å². The lowest BCUT2D eigenvalue weighted by molar-refractivity contribution is 0.0613. The summed E-state index contributed by atoms with van der Waals surface area (Å²) in [5, 5.41) is 29.2. The largest absolute Gasteiger partial charge is 0.478 e. The lowest BCUT2D eigenvalue weighted by Gasteiger charge is -2.40. The van der Waals surface area contributed by atoms with Crippen LogP contribution in [0, 0.1) is 0 Å². The van der Waals surface area contributed by atoms with Crippen LogP contribution >= 0.6 is 11.6 Å². The van der Waals surface area contributed by atoms with E-state index in [-0.39, 0.29) is 6.54 Å². The van der Waals surface area contributed by atoms with Crippen LogP contribution in [-0.2, 0) is 6.42 Å². The lowest BCUT2D eigenvalue weighted by atomic mass is 9.85. The third-order valence-corrected chi connectivity index (χ3v) is 8.22. The SMILES string of the molecule is O=C(O)c1cc(C(=O)O)c(C(=O)N(CC2(Cl)C=CC(c3ccccc3)=CC2)[C@H]2CCCc3ccccc32)cc1C(=O)O. The summed E-state index contributed by atoms with van der Waals surface area (Å²) in [6.45, 7) is 0.00358. The number of aryl methyl sites for hydroxylation is 1. The van der Waals surface area contributed by atoms with Crippen LogP contribution in [0.4, 0.5) is 0 Å². The van der Waals surface area contributed by atoms with Crippen molar-refractivity contribution in [2.45, 2.75) is 36.6 Å². The molecule has 0 bridgehead atoms. The monoisotopic (exact) mass is 585 g/mol. The zero-order valence-electron chi connectivity index (χ0n) is 22.5. The van der Waals surface area contributed by atoms with Gasteiger partial charge in [0.25, 0.3) is 5.91 Å². The number of aromatic carboxylic acids is 3. The molecule has 214 valence electrons. The number of hydrogen-bond donors (Lipinski definition) is 3. The van der Waals surface area contributed by atoms with Crippen molar-refractivity contribution in [2.75, 3.05) is 6.54 Å². The molecule has 9 heteroatoms. The molecule has 3 aromatic rings. The van der Waals surface area contributed by atoms with E-state index in [0.717, 1.165) is 47.2 Å². The first kappa shape index (κ1) is 28.8. The van der Waals surface area contributed by atoms with Crippen LogP contribution in [0.1, 0.15) is 83.4 Å². The van der Waals surface area contributed by atoms with Crippen LogP contribution in [0.2, 0.25) is 0 Å². The molecule has 0 aromatic heterocycles. The van der Waals surface area contributed by atoms with Gasteiger partial charge in [-0.2, -0.15) is 0 Å². The number of rotatable bonds is 8. The Bertz CT molecular complexity index is 1650. The van der Waals surface area contributed by atoms with Gasteiger partial charge in [-0.1, -0.05) is 72.8 Å². The van der Waals surface area contributed by atoms with E-state index >= 15 is 0 Å². The normalized spacial score (nSPS) is 19.4. The number of carbonyl (C=O) groups is 4. The molecule has 3 N–H and O–H groups in total. The molecule has 0 fully saturated rings. The maximum Gasteiger partial charge on any atom is 0.336 e. The molecular weight excluding hydrogens is 558 g/mol. The Kier molecular flexibility index (Phi) is 8.00. The van der Waals surface area contributed by atoms with E-state index in [2.05, 4.69) is 0 Å². The van der Waals surface area contributed by atoms with Crippen LogP contribution in [0.3, 0.4) is 0 Å². The van der Waals surface area contributed by atoms with Crippen LogP contribution in [0.5, 0.6) is 0 Å². The van der Waals surface area contributed by atoms with Gasteiger partial charge in [0.15, 0.2) is 0 Å². The Hall–Kier alpha value is -4.69. The zero-order valence-corrected chi connectivity index (χ0v) is 23.3. The summed E-state index contributed by atoms with van der Waals surface area (Å²) in [6.07, 6.45) is 8.30. The number of allylic oxidation sites excluding steroid dienone is 3. The maximum atomic E-state index is 14.4. The van der Waals surface area contributed by atoms with Gasteiger partial charge >= 0.3 is 17.9 Å². The molecule has 0 spiro atoms. The quantitative estimate of drug-likeness (QED) is 0.263. The number of halogens is 1. The fourth-order valence-electron chi connectivity index (χ4n) is 5.74. The van der Waals surface area contributed by atoms with Crippen molar-refractivity contribution >= 4 is 41.0 Å². The number of alkyl halides is 1. The molecule has 2 aliphatic rings. The first-order valence-electron chi connectivity index (χ1n) is 13.5. The Morgan fingerprint density at radius 1 is 0.833 bits per heavy atom. The molecule has 5 rings (SSSR count). The van der Waals surface area contributed by atoms with E-state index in [1.165, 1.54) is 4.90 Å². The highest BCUT2D eigenvalue weighted by Gasteiger charge is 2.38. The van der Waals surface area contributed by atoms with Gasteiger partial charge < -0.3 is 20.2 Å². The second kappa shape index (κ2) is 11.7. The van der Waals surface area contributed by atoms with Crippen LogP contribution in [0.25, 0.3) is 5.57 Å². The molecule has 1 unspecified atom stereocenters. The molecule has 1 amide bonds. The Labute approximate surface area is 247 Å². The van der Waals surface area contributed by atoms with Gasteiger partial charge in [0.2, 0.25) is 0 Å². The lowest BCUT2D eigenvalue weighted by Crippen LogP contribution is -2.45. The fraction of sp³-hybridized carbons (Fsp3) is 0.212. The molecule has 0 aliphatic heterocycles. The average Bonchev–Trinajstić information content (AvgIpc) is 2.99. The van der Waals surface area contributed by atoms with E-state index in [1.807, 2.05) is 72.8 Å². The van der Waals surface area contributed by atoms with Crippen molar-refractivity contribution in [2.24, 2.45) is 0 Å². The van der Waals surface area contributed by atoms with E-state index in [9.17, 15) is 34.5 Å². The van der Waals surface area contributed by atoms with Gasteiger partial charge in [-0.25, -0.2) is 14.4 Å². The van der Waals surface area contributed by atoms with Gasteiger partial charge in [0, 0.05) is 6.54 Å². The molecule has 0 saturated carbocycles. The number of fused-ring (bicyclic) bond motifs is 1. The zero-order chi connectivity index (χ0) is 30.0. The number of carboxylic acid groups (broad SMARTS) is 3. The van der Waals surface area contributed by atoms with Crippen molar-refractivity contribution in [3.05, 3.63) is 124 Å². The Balaban J connectivity index is 1.59. The van der Waals surface area contributed by atoms with Crippen LogP contribution < -0.4 is 0 Å². The highest BCUT2D eigenvalue weighted by Crippen LogP contribution is 2.40. The summed E-state index contributed by atoms with van der Waals surface area (Å²) < 4.78 is 0. The summed E-state index contributed by atoms with van der Waals surface area (Å²) in [5.74, 6) is -5.48. The molecule has 3 aromatic carbocycles. The second-order valence-electron chi connectivity index (χ2n) is 10.5. The first-order valence-corrected chi connectivity index (χ1v) is 13.9. The van der Waals surface area contributed by atoms with Crippen molar-refractivity contribution in [1.29, 1.82) is 0 Å². The van der Waals surface area contributed by atoms with Crippen molar-refractivity contribution in [3.63, 3.8) is 0 Å². The predicted octanol–water partition coefficient (Wildman–Crippen LogP) is 6.32. The van der Waals surface area contributed by atoms with E-state index in [4.69, 9.17) is 11.6 Å². The molecule has 0 radical (unpaired) electrons. The van der Waals surface area contributed by atoms with Crippen molar-refractivity contribution in [3.8, 4) is 0 Å². The topological polar surface area (TPSA) is 132 Å². The van der Waals surface area contributed by atoms with E-state index in [0.29, 0.717) is 12.8 Å². The van der Waals surface area contributed by atoms with E-state index < -0.39 is 57.0 Å². The number of hydrogen-bond acceptors (Lipinski definition) is 4. The highest BCUT2D eigenvalue weighted by atomic mass is 35.5. The Morgan fingerprint density at radius 2 is 1.43 bits per heavy atom. The summed E-state index contributed by atoms with van der Waals surface area (Å²) in [6, 6.07) is 18.6.